The van der Waals surface area contributed by atoms with Crippen molar-refractivity contribution in [3.8, 4) is 0 Å². The Kier molecular flexibility index (Phi) is 7.13. The number of benzene rings is 1. The Morgan fingerprint density at radius 1 is 1.30 bits per heavy atom. The summed E-state index contributed by atoms with van der Waals surface area (Å²) < 4.78 is 9.67. The van der Waals surface area contributed by atoms with Crippen molar-refractivity contribution in [2.75, 3.05) is 13.7 Å². The average Bonchev–Trinajstić information content (AvgIpc) is 2.49. The van der Waals surface area contributed by atoms with Gasteiger partial charge in [0.25, 0.3) is 0 Å². The Labute approximate surface area is 118 Å². The van der Waals surface area contributed by atoms with Crippen molar-refractivity contribution in [1.82, 2.24) is 5.32 Å². The lowest BCUT2D eigenvalue weighted by atomic mass is 10.1. The van der Waals surface area contributed by atoms with Crippen LogP contribution in [0.1, 0.15) is 18.4 Å². The molecule has 0 bridgehead atoms. The lowest BCUT2D eigenvalue weighted by Crippen LogP contribution is -2.42. The van der Waals surface area contributed by atoms with Gasteiger partial charge in [0, 0.05) is 0 Å². The molecule has 1 aromatic rings. The number of nitrogens with one attached hydrogen (secondary N) is 1. The fourth-order valence-electron chi connectivity index (χ4n) is 1.62. The zero-order valence-electron chi connectivity index (χ0n) is 11.5. The van der Waals surface area contributed by atoms with E-state index in [1.807, 2.05) is 30.3 Å². The maximum Gasteiger partial charge on any atom is 0.408 e. The summed E-state index contributed by atoms with van der Waals surface area (Å²) in [5.41, 5.74) is 6.26. The molecule has 6 nitrogen and oxygen atoms in total. The summed E-state index contributed by atoms with van der Waals surface area (Å²) in [6, 6.07) is 8.55. The number of alkyl carbamates (subject to hydrolysis) is 1. The summed E-state index contributed by atoms with van der Waals surface area (Å²) in [5.74, 6) is -0.505. The van der Waals surface area contributed by atoms with Crippen LogP contribution in [0.3, 0.4) is 0 Å². The molecule has 6 heteroatoms. The number of hydrogen-bond donors (Lipinski definition) is 2. The smallest absolute Gasteiger partial charge is 0.408 e. The topological polar surface area (TPSA) is 90.6 Å². The van der Waals surface area contributed by atoms with Crippen molar-refractivity contribution in [1.29, 1.82) is 0 Å². The van der Waals surface area contributed by atoms with Crippen LogP contribution in [0.2, 0.25) is 0 Å². The molecule has 1 aromatic carbocycles. The zero-order valence-corrected chi connectivity index (χ0v) is 11.5. The number of esters is 1. The molecule has 1 atom stereocenters. The molecule has 0 radical (unpaired) electrons. The van der Waals surface area contributed by atoms with Gasteiger partial charge in [0.15, 0.2) is 0 Å². The van der Waals surface area contributed by atoms with Crippen molar-refractivity contribution in [3.05, 3.63) is 35.9 Å². The molecular weight excluding hydrogens is 260 g/mol. The zero-order chi connectivity index (χ0) is 14.8. The number of ether oxygens (including phenoxy) is 2. The molecule has 0 aliphatic rings. The van der Waals surface area contributed by atoms with Gasteiger partial charge in [0.1, 0.15) is 12.6 Å². The van der Waals surface area contributed by atoms with Crippen LogP contribution in [0.5, 0.6) is 0 Å². The average molecular weight is 280 g/mol. The fourth-order valence-corrected chi connectivity index (χ4v) is 1.62. The molecule has 1 amide bonds. The maximum absolute atomic E-state index is 11.6. The van der Waals surface area contributed by atoms with Gasteiger partial charge in [-0.05, 0) is 24.9 Å². The van der Waals surface area contributed by atoms with Crippen LogP contribution in [-0.2, 0) is 20.9 Å². The van der Waals surface area contributed by atoms with Gasteiger partial charge in [-0.15, -0.1) is 0 Å². The van der Waals surface area contributed by atoms with E-state index in [1.54, 1.807) is 0 Å². The first kappa shape index (κ1) is 16.0. The number of amides is 1. The SMILES string of the molecule is COC(=O)[C@H](CCCN)NC(=O)OCc1ccccc1. The molecular formula is C14H20N2O4. The third kappa shape index (κ3) is 5.71. The first-order chi connectivity index (χ1) is 9.67. The summed E-state index contributed by atoms with van der Waals surface area (Å²) >= 11 is 0. The number of methoxy groups -OCH3 is 1. The molecule has 0 unspecified atom stereocenters. The summed E-state index contributed by atoms with van der Waals surface area (Å²) in [5, 5.41) is 2.48. The third-order valence-electron chi connectivity index (χ3n) is 2.69. The molecule has 0 aliphatic carbocycles. The predicted octanol–water partition coefficient (Wildman–Crippen LogP) is 1.19. The van der Waals surface area contributed by atoms with Crippen LogP contribution >= 0.6 is 0 Å². The maximum atomic E-state index is 11.6. The molecule has 0 spiro atoms. The molecule has 0 saturated carbocycles. The van der Waals surface area contributed by atoms with Gasteiger partial charge in [0.05, 0.1) is 7.11 Å². The molecule has 0 aliphatic heterocycles. The van der Waals surface area contributed by atoms with Gasteiger partial charge in [-0.1, -0.05) is 30.3 Å². The van der Waals surface area contributed by atoms with E-state index in [-0.39, 0.29) is 6.61 Å². The van der Waals surface area contributed by atoms with Gasteiger partial charge in [-0.2, -0.15) is 0 Å². The molecule has 0 saturated heterocycles. The Morgan fingerprint density at radius 3 is 2.60 bits per heavy atom. The lowest BCUT2D eigenvalue weighted by molar-refractivity contribution is -0.143. The van der Waals surface area contributed by atoms with E-state index < -0.39 is 18.1 Å². The Hall–Kier alpha value is -2.08. The van der Waals surface area contributed by atoms with Crippen molar-refractivity contribution in [2.24, 2.45) is 5.73 Å². The highest BCUT2D eigenvalue weighted by Crippen LogP contribution is 2.03. The summed E-state index contributed by atoms with van der Waals surface area (Å²) in [4.78, 5) is 23.1. The molecule has 1 rings (SSSR count). The highest BCUT2D eigenvalue weighted by atomic mass is 16.6. The number of rotatable bonds is 7. The van der Waals surface area contributed by atoms with Gasteiger partial charge in [-0.3, -0.25) is 0 Å². The fraction of sp³-hybridized carbons (Fsp3) is 0.429. The molecule has 20 heavy (non-hydrogen) atoms. The van der Waals surface area contributed by atoms with Crippen molar-refractivity contribution in [2.45, 2.75) is 25.5 Å². The quantitative estimate of drug-likeness (QED) is 0.732. The lowest BCUT2D eigenvalue weighted by Gasteiger charge is -2.16. The van der Waals surface area contributed by atoms with E-state index in [2.05, 4.69) is 10.1 Å². The van der Waals surface area contributed by atoms with E-state index in [0.29, 0.717) is 19.4 Å². The normalized spacial score (nSPS) is 11.5. The standard InChI is InChI=1S/C14H20N2O4/c1-19-13(17)12(8-5-9-15)16-14(18)20-10-11-6-3-2-4-7-11/h2-4,6-7,12H,5,8-10,15H2,1H3,(H,16,18)/t12-/m0/s1. The minimum atomic E-state index is -0.730. The van der Waals surface area contributed by atoms with Crippen molar-refractivity contribution in [3.63, 3.8) is 0 Å². The molecule has 0 aromatic heterocycles. The van der Waals surface area contributed by atoms with Crippen LogP contribution in [0, 0.1) is 0 Å². The second-order valence-electron chi connectivity index (χ2n) is 4.21. The minimum Gasteiger partial charge on any atom is -0.467 e. The van der Waals surface area contributed by atoms with Gasteiger partial charge < -0.3 is 20.5 Å². The highest BCUT2D eigenvalue weighted by molar-refractivity contribution is 5.81. The van der Waals surface area contributed by atoms with E-state index in [4.69, 9.17) is 10.5 Å². The van der Waals surface area contributed by atoms with E-state index in [0.717, 1.165) is 5.56 Å². The number of carbonyl (C=O) groups excluding carboxylic acids is 2. The Bertz CT molecular complexity index is 422. The Balaban J connectivity index is 2.43. The number of nitrogens with two attached hydrogens (primary N) is 1. The second-order valence-corrected chi connectivity index (χ2v) is 4.21. The molecule has 3 N–H and O–H groups in total. The van der Waals surface area contributed by atoms with E-state index in [9.17, 15) is 9.59 Å². The predicted molar refractivity (Wildman–Crippen MR) is 73.9 cm³/mol. The largest absolute Gasteiger partial charge is 0.467 e. The summed E-state index contributed by atoms with van der Waals surface area (Å²) in [6.07, 6.45) is 0.379. The van der Waals surface area contributed by atoms with Crippen LogP contribution < -0.4 is 11.1 Å². The third-order valence-corrected chi connectivity index (χ3v) is 2.69. The summed E-state index contributed by atoms with van der Waals surface area (Å²) in [7, 11) is 1.27. The van der Waals surface area contributed by atoms with Crippen LogP contribution in [0.25, 0.3) is 0 Å². The molecule has 0 fully saturated rings. The second kappa shape index (κ2) is 8.92. The monoisotopic (exact) mass is 280 g/mol. The summed E-state index contributed by atoms with van der Waals surface area (Å²) in [6.45, 7) is 0.589. The molecule has 110 valence electrons. The Morgan fingerprint density at radius 2 is 2.00 bits per heavy atom. The van der Waals surface area contributed by atoms with Gasteiger partial charge in [0.2, 0.25) is 0 Å². The van der Waals surface area contributed by atoms with Crippen LogP contribution in [-0.4, -0.2) is 31.8 Å². The first-order valence-corrected chi connectivity index (χ1v) is 6.42. The highest BCUT2D eigenvalue weighted by Gasteiger charge is 2.21. The van der Waals surface area contributed by atoms with Gasteiger partial charge >= 0.3 is 12.1 Å². The minimum absolute atomic E-state index is 0.150. The molecule has 0 heterocycles. The van der Waals surface area contributed by atoms with E-state index >= 15 is 0 Å². The van der Waals surface area contributed by atoms with E-state index in [1.165, 1.54) is 7.11 Å². The van der Waals surface area contributed by atoms with Crippen LogP contribution in [0.4, 0.5) is 4.79 Å². The van der Waals surface area contributed by atoms with Crippen molar-refractivity contribution >= 4 is 12.1 Å². The van der Waals surface area contributed by atoms with Crippen molar-refractivity contribution < 1.29 is 19.1 Å². The van der Waals surface area contributed by atoms with Gasteiger partial charge in [-0.25, -0.2) is 9.59 Å². The number of hydrogen-bond acceptors (Lipinski definition) is 5. The first-order valence-electron chi connectivity index (χ1n) is 6.42. The number of carbonyl (C=O) groups is 2. The van der Waals surface area contributed by atoms with Crippen LogP contribution in [0.15, 0.2) is 30.3 Å².